The van der Waals surface area contributed by atoms with Crippen molar-refractivity contribution in [2.24, 2.45) is 23.2 Å². The average Bonchev–Trinajstić information content (AvgIpc) is 2.68. The highest BCUT2D eigenvalue weighted by Crippen LogP contribution is 2.60. The van der Waals surface area contributed by atoms with Gasteiger partial charge in [0.2, 0.25) is 10.0 Å². The van der Waals surface area contributed by atoms with E-state index in [0.717, 1.165) is 37.0 Å². The Bertz CT molecular complexity index is 856. The maximum atomic E-state index is 13.3. The molecule has 4 bridgehead atoms. The maximum Gasteiger partial charge on any atom is 0.243 e. The Morgan fingerprint density at radius 2 is 1.45 bits per heavy atom. The number of piperazine rings is 1. The van der Waals surface area contributed by atoms with Crippen LogP contribution in [0.1, 0.15) is 38.5 Å². The molecule has 4 saturated carbocycles. The normalized spacial score (nSPS) is 35.1. The van der Waals surface area contributed by atoms with E-state index in [9.17, 15) is 17.6 Å². The summed E-state index contributed by atoms with van der Waals surface area (Å²) in [6.07, 6.45) is 7.22. The molecule has 5 nitrogen and oxygen atoms in total. The van der Waals surface area contributed by atoms with E-state index in [1.54, 1.807) is 0 Å². The predicted octanol–water partition coefficient (Wildman–Crippen LogP) is 2.92. The third-order valence-electron chi connectivity index (χ3n) is 7.78. The summed E-state index contributed by atoms with van der Waals surface area (Å²) < 4.78 is 40.1. The molecule has 0 aromatic heterocycles. The minimum absolute atomic E-state index is 0.0912. The zero-order valence-electron chi connectivity index (χ0n) is 16.7. The quantitative estimate of drug-likeness (QED) is 0.735. The molecule has 1 aromatic carbocycles. The van der Waals surface area contributed by atoms with Crippen molar-refractivity contribution < 1.29 is 17.6 Å². The van der Waals surface area contributed by atoms with Crippen LogP contribution in [0.3, 0.4) is 0 Å². The molecule has 1 heterocycles. The SMILES string of the molecule is O=C(CN1CCN(S(=O)(=O)c2ccc(F)cc2)CC1)C12CC3CC(CC(C3)C1)C2. The molecule has 0 atom stereocenters. The molecule has 1 aliphatic heterocycles. The third kappa shape index (κ3) is 3.55. The van der Waals surface area contributed by atoms with Gasteiger partial charge in [0, 0.05) is 31.6 Å². The van der Waals surface area contributed by atoms with E-state index in [4.69, 9.17) is 0 Å². The lowest BCUT2D eigenvalue weighted by atomic mass is 9.48. The summed E-state index contributed by atoms with van der Waals surface area (Å²) in [5.41, 5.74) is -0.0912. The van der Waals surface area contributed by atoms with Gasteiger partial charge < -0.3 is 0 Å². The molecule has 0 N–H and O–H groups in total. The van der Waals surface area contributed by atoms with E-state index < -0.39 is 15.8 Å². The van der Waals surface area contributed by atoms with Crippen LogP contribution in [-0.2, 0) is 14.8 Å². The van der Waals surface area contributed by atoms with Crippen molar-refractivity contribution in [2.75, 3.05) is 32.7 Å². The Balaban J connectivity index is 1.20. The summed E-state index contributed by atoms with van der Waals surface area (Å²) in [4.78, 5) is 15.5. The highest BCUT2D eigenvalue weighted by Gasteiger charge is 2.54. The summed E-state index contributed by atoms with van der Waals surface area (Å²) in [6, 6.07) is 4.97. The standard InChI is InChI=1S/C22H29FN2O3S/c23-19-1-3-20(4-2-19)29(27,28)25-7-5-24(6-8-25)15-21(26)22-12-16-9-17(13-22)11-18(10-16)14-22/h1-4,16-18H,5-15H2. The number of nitrogens with zero attached hydrogens (tertiary/aromatic N) is 2. The van der Waals surface area contributed by atoms with E-state index in [0.29, 0.717) is 38.5 Å². The van der Waals surface area contributed by atoms with Crippen LogP contribution in [-0.4, -0.2) is 56.1 Å². The number of hydrogen-bond acceptors (Lipinski definition) is 4. The largest absolute Gasteiger partial charge is 0.298 e. The smallest absolute Gasteiger partial charge is 0.243 e. The van der Waals surface area contributed by atoms with Crippen LogP contribution in [0.5, 0.6) is 0 Å². The van der Waals surface area contributed by atoms with Crippen LogP contribution in [0.2, 0.25) is 0 Å². The zero-order valence-corrected chi connectivity index (χ0v) is 17.5. The van der Waals surface area contributed by atoms with Gasteiger partial charge in [0.15, 0.2) is 5.78 Å². The monoisotopic (exact) mass is 420 g/mol. The number of Topliss-reactive ketones (excluding diaryl/α,β-unsaturated/α-hetero) is 1. The first-order valence-corrected chi connectivity index (χ1v) is 12.3. The van der Waals surface area contributed by atoms with E-state index >= 15 is 0 Å². The summed E-state index contributed by atoms with van der Waals surface area (Å²) in [6.45, 7) is 2.33. The maximum absolute atomic E-state index is 13.3. The van der Waals surface area contributed by atoms with Gasteiger partial charge in [-0.2, -0.15) is 4.31 Å². The molecular formula is C22H29FN2O3S. The molecule has 158 valence electrons. The van der Waals surface area contributed by atoms with Gasteiger partial charge in [-0.1, -0.05) is 0 Å². The minimum atomic E-state index is -3.61. The molecule has 29 heavy (non-hydrogen) atoms. The molecule has 0 amide bonds. The Morgan fingerprint density at radius 1 is 0.931 bits per heavy atom. The fraction of sp³-hybridized carbons (Fsp3) is 0.682. The van der Waals surface area contributed by atoms with Crippen LogP contribution in [0.25, 0.3) is 0 Å². The molecule has 0 spiro atoms. The molecule has 1 saturated heterocycles. The van der Waals surface area contributed by atoms with Gasteiger partial charge in [0.1, 0.15) is 5.82 Å². The van der Waals surface area contributed by atoms with Crippen LogP contribution in [0.15, 0.2) is 29.2 Å². The molecule has 0 unspecified atom stereocenters. The Hall–Kier alpha value is -1.31. The van der Waals surface area contributed by atoms with Crippen molar-refractivity contribution in [1.29, 1.82) is 0 Å². The summed E-state index contributed by atoms with van der Waals surface area (Å²) >= 11 is 0. The van der Waals surface area contributed by atoms with Crippen molar-refractivity contribution in [3.05, 3.63) is 30.1 Å². The lowest BCUT2D eigenvalue weighted by Crippen LogP contribution is -2.55. The van der Waals surface area contributed by atoms with E-state index in [2.05, 4.69) is 4.90 Å². The fourth-order valence-corrected chi connectivity index (χ4v) is 8.13. The highest BCUT2D eigenvalue weighted by molar-refractivity contribution is 7.89. The molecule has 0 radical (unpaired) electrons. The van der Waals surface area contributed by atoms with Gasteiger partial charge in [-0.25, -0.2) is 12.8 Å². The van der Waals surface area contributed by atoms with Crippen molar-refractivity contribution >= 4 is 15.8 Å². The number of halogens is 1. The second kappa shape index (κ2) is 7.13. The average molecular weight is 421 g/mol. The summed E-state index contributed by atoms with van der Waals surface area (Å²) in [5, 5.41) is 0. The first-order valence-electron chi connectivity index (χ1n) is 10.9. The highest BCUT2D eigenvalue weighted by atomic mass is 32.2. The lowest BCUT2D eigenvalue weighted by molar-refractivity contribution is -0.145. The Kier molecular flexibility index (Phi) is 4.83. The van der Waals surface area contributed by atoms with E-state index in [1.165, 1.54) is 47.8 Å². The molecule has 4 aliphatic carbocycles. The van der Waals surface area contributed by atoms with Crippen LogP contribution in [0.4, 0.5) is 4.39 Å². The van der Waals surface area contributed by atoms with E-state index in [-0.39, 0.29) is 10.3 Å². The van der Waals surface area contributed by atoms with Gasteiger partial charge in [-0.3, -0.25) is 9.69 Å². The molecular weight excluding hydrogens is 391 g/mol. The van der Waals surface area contributed by atoms with Crippen molar-refractivity contribution in [3.63, 3.8) is 0 Å². The first kappa shape index (κ1) is 19.6. The van der Waals surface area contributed by atoms with Gasteiger partial charge in [0.25, 0.3) is 0 Å². The van der Waals surface area contributed by atoms with Crippen LogP contribution in [0, 0.1) is 29.0 Å². The van der Waals surface area contributed by atoms with Crippen molar-refractivity contribution in [1.82, 2.24) is 9.21 Å². The molecule has 7 heteroatoms. The van der Waals surface area contributed by atoms with Crippen LogP contribution < -0.4 is 0 Å². The topological polar surface area (TPSA) is 57.7 Å². The van der Waals surface area contributed by atoms with Gasteiger partial charge >= 0.3 is 0 Å². The van der Waals surface area contributed by atoms with Gasteiger partial charge in [-0.05, 0) is 80.5 Å². The molecule has 6 rings (SSSR count). The first-order chi connectivity index (χ1) is 13.8. The van der Waals surface area contributed by atoms with Crippen molar-refractivity contribution in [2.45, 2.75) is 43.4 Å². The summed E-state index contributed by atoms with van der Waals surface area (Å²) in [5.74, 6) is 2.21. The lowest BCUT2D eigenvalue weighted by Gasteiger charge is -2.56. The number of ketones is 1. The molecule has 5 aliphatic rings. The van der Waals surface area contributed by atoms with Crippen LogP contribution >= 0.6 is 0 Å². The summed E-state index contributed by atoms with van der Waals surface area (Å²) in [7, 11) is -3.61. The number of sulfonamides is 1. The molecule has 5 fully saturated rings. The number of rotatable bonds is 5. The fourth-order valence-electron chi connectivity index (χ4n) is 6.71. The number of benzene rings is 1. The second-order valence-electron chi connectivity index (χ2n) is 9.76. The number of hydrogen-bond donors (Lipinski definition) is 0. The number of carbonyl (C=O) groups excluding carboxylic acids is 1. The number of carbonyl (C=O) groups is 1. The third-order valence-corrected chi connectivity index (χ3v) is 9.69. The second-order valence-corrected chi connectivity index (χ2v) is 11.7. The Labute approximate surface area is 172 Å². The minimum Gasteiger partial charge on any atom is -0.298 e. The Morgan fingerprint density at radius 3 is 1.97 bits per heavy atom. The van der Waals surface area contributed by atoms with Gasteiger partial charge in [-0.15, -0.1) is 0 Å². The van der Waals surface area contributed by atoms with Gasteiger partial charge in [0.05, 0.1) is 11.4 Å². The predicted molar refractivity (Wildman–Crippen MR) is 107 cm³/mol. The zero-order chi connectivity index (χ0) is 20.2. The van der Waals surface area contributed by atoms with E-state index in [1.807, 2.05) is 0 Å². The molecule has 1 aromatic rings. The van der Waals surface area contributed by atoms with Crippen molar-refractivity contribution in [3.8, 4) is 0 Å².